The monoisotopic (exact) mass is 393 g/mol. The number of nitrogens with one attached hydrogen (secondary N) is 1. The van der Waals surface area contributed by atoms with E-state index >= 15 is 0 Å². The third-order valence-electron chi connectivity index (χ3n) is 6.27. The summed E-state index contributed by atoms with van der Waals surface area (Å²) in [5.74, 6) is -0.861. The number of piperidine rings is 1. The van der Waals surface area contributed by atoms with Crippen LogP contribution in [0.25, 0.3) is 10.8 Å². The van der Waals surface area contributed by atoms with E-state index in [0.29, 0.717) is 24.6 Å². The minimum atomic E-state index is -0.658. The van der Waals surface area contributed by atoms with Crippen molar-refractivity contribution in [3.05, 3.63) is 35.9 Å². The van der Waals surface area contributed by atoms with Crippen molar-refractivity contribution in [2.24, 2.45) is 0 Å². The molecule has 2 fully saturated rings. The van der Waals surface area contributed by atoms with Crippen LogP contribution in [-0.4, -0.2) is 50.1 Å². The summed E-state index contributed by atoms with van der Waals surface area (Å²) in [6.45, 7) is 1.63. The summed E-state index contributed by atoms with van der Waals surface area (Å²) >= 11 is 0. The molecule has 3 aliphatic heterocycles. The molecule has 3 heterocycles. The van der Waals surface area contributed by atoms with Crippen molar-refractivity contribution in [1.29, 1.82) is 0 Å². The molecule has 0 aromatic heterocycles. The molecule has 0 radical (unpaired) electrons. The van der Waals surface area contributed by atoms with E-state index in [4.69, 9.17) is 4.74 Å². The second-order valence-electron chi connectivity index (χ2n) is 7.92. The maximum atomic E-state index is 13.2. The quantitative estimate of drug-likeness (QED) is 0.806. The Kier molecular flexibility index (Phi) is 4.28. The van der Waals surface area contributed by atoms with Crippen LogP contribution in [0.15, 0.2) is 30.3 Å². The van der Waals surface area contributed by atoms with Crippen molar-refractivity contribution < 1.29 is 19.1 Å². The predicted octanol–water partition coefficient (Wildman–Crippen LogP) is 2.22. The van der Waals surface area contributed by atoms with Crippen LogP contribution in [0.2, 0.25) is 0 Å². The SMILES string of the molecule is COC[C@H]1CCCN1c1ccc2c3c(cccc13)N(C1CCC(=O)NC1=O)C2=O. The van der Waals surface area contributed by atoms with E-state index < -0.39 is 11.9 Å². The highest BCUT2D eigenvalue weighted by Gasteiger charge is 2.41. The van der Waals surface area contributed by atoms with Gasteiger partial charge in [0, 0.05) is 36.5 Å². The summed E-state index contributed by atoms with van der Waals surface area (Å²) in [5.41, 5.74) is 2.47. The Morgan fingerprint density at radius 3 is 2.76 bits per heavy atom. The Hall–Kier alpha value is -2.93. The van der Waals surface area contributed by atoms with Crippen molar-refractivity contribution >= 4 is 39.9 Å². The molecular formula is C22H23N3O4. The lowest BCUT2D eigenvalue weighted by atomic mass is 10.0. The zero-order valence-electron chi connectivity index (χ0n) is 16.3. The van der Waals surface area contributed by atoms with Gasteiger partial charge in [0.25, 0.3) is 5.91 Å². The summed E-state index contributed by atoms with van der Waals surface area (Å²) in [6.07, 6.45) is 2.77. The minimum Gasteiger partial charge on any atom is -0.383 e. The van der Waals surface area contributed by atoms with Gasteiger partial charge in [-0.25, -0.2) is 0 Å². The van der Waals surface area contributed by atoms with E-state index in [0.717, 1.165) is 41.5 Å². The van der Waals surface area contributed by atoms with Crippen molar-refractivity contribution in [2.75, 3.05) is 30.1 Å². The minimum absolute atomic E-state index is 0.174. The average Bonchev–Trinajstić information content (AvgIpc) is 3.27. The zero-order valence-corrected chi connectivity index (χ0v) is 16.3. The number of rotatable bonds is 4. The lowest BCUT2D eigenvalue weighted by molar-refractivity contribution is -0.134. The Bertz CT molecular complexity index is 1030. The van der Waals surface area contributed by atoms with Crippen molar-refractivity contribution in [1.82, 2.24) is 5.32 Å². The first-order valence-electron chi connectivity index (χ1n) is 10.1. The molecule has 2 saturated heterocycles. The van der Waals surface area contributed by atoms with Crippen LogP contribution in [0, 0.1) is 0 Å². The molecule has 5 rings (SSSR count). The number of benzene rings is 2. The molecule has 7 heteroatoms. The summed E-state index contributed by atoms with van der Waals surface area (Å²) in [6, 6.07) is 9.42. The number of anilines is 2. The molecule has 1 N–H and O–H groups in total. The maximum absolute atomic E-state index is 13.2. The van der Waals surface area contributed by atoms with Crippen molar-refractivity contribution in [3.8, 4) is 0 Å². The maximum Gasteiger partial charge on any atom is 0.259 e. The largest absolute Gasteiger partial charge is 0.383 e. The van der Waals surface area contributed by atoms with Crippen LogP contribution in [0.1, 0.15) is 36.0 Å². The van der Waals surface area contributed by atoms with Gasteiger partial charge in [0.1, 0.15) is 6.04 Å². The van der Waals surface area contributed by atoms with Gasteiger partial charge in [-0.3, -0.25) is 24.6 Å². The number of hydrogen-bond donors (Lipinski definition) is 1. The second-order valence-corrected chi connectivity index (χ2v) is 7.92. The molecule has 0 saturated carbocycles. The number of amides is 3. The van der Waals surface area contributed by atoms with E-state index in [1.807, 2.05) is 30.3 Å². The molecular weight excluding hydrogens is 370 g/mol. The number of carbonyl (C=O) groups excluding carboxylic acids is 3. The molecule has 150 valence electrons. The van der Waals surface area contributed by atoms with E-state index in [9.17, 15) is 14.4 Å². The van der Waals surface area contributed by atoms with E-state index in [1.54, 1.807) is 12.0 Å². The van der Waals surface area contributed by atoms with E-state index in [-0.39, 0.29) is 18.2 Å². The first-order valence-corrected chi connectivity index (χ1v) is 10.1. The van der Waals surface area contributed by atoms with Gasteiger partial charge < -0.3 is 9.64 Å². The third-order valence-corrected chi connectivity index (χ3v) is 6.27. The van der Waals surface area contributed by atoms with Crippen molar-refractivity contribution in [3.63, 3.8) is 0 Å². The van der Waals surface area contributed by atoms with Gasteiger partial charge in [0.15, 0.2) is 0 Å². The van der Waals surface area contributed by atoms with Crippen LogP contribution < -0.4 is 15.1 Å². The van der Waals surface area contributed by atoms with Gasteiger partial charge >= 0.3 is 0 Å². The topological polar surface area (TPSA) is 79.0 Å². The van der Waals surface area contributed by atoms with Crippen LogP contribution in [0.3, 0.4) is 0 Å². The lowest BCUT2D eigenvalue weighted by Crippen LogP contribution is -2.53. The van der Waals surface area contributed by atoms with E-state index in [2.05, 4.69) is 10.2 Å². The number of hydrogen-bond acceptors (Lipinski definition) is 5. The summed E-state index contributed by atoms with van der Waals surface area (Å²) in [4.78, 5) is 41.2. The van der Waals surface area contributed by atoms with Crippen molar-refractivity contribution in [2.45, 2.75) is 37.8 Å². The van der Waals surface area contributed by atoms with Gasteiger partial charge in [-0.2, -0.15) is 0 Å². The van der Waals surface area contributed by atoms with Gasteiger partial charge in [0.05, 0.1) is 23.9 Å². The molecule has 29 heavy (non-hydrogen) atoms. The number of imide groups is 1. The Morgan fingerprint density at radius 1 is 1.10 bits per heavy atom. The second kappa shape index (κ2) is 6.84. The zero-order chi connectivity index (χ0) is 20.1. The Balaban J connectivity index is 1.60. The predicted molar refractivity (Wildman–Crippen MR) is 109 cm³/mol. The Labute approximate surface area is 168 Å². The number of ether oxygens (including phenoxy) is 1. The fourth-order valence-electron chi connectivity index (χ4n) is 5.00. The Morgan fingerprint density at radius 2 is 1.97 bits per heavy atom. The molecule has 0 bridgehead atoms. The number of nitrogens with zero attached hydrogens (tertiary/aromatic N) is 2. The summed E-state index contributed by atoms with van der Waals surface area (Å²) in [5, 5.41) is 4.28. The fraction of sp³-hybridized carbons (Fsp3) is 0.409. The summed E-state index contributed by atoms with van der Waals surface area (Å²) < 4.78 is 5.41. The van der Waals surface area contributed by atoms with E-state index in [1.165, 1.54) is 0 Å². The first-order chi connectivity index (χ1) is 14.1. The molecule has 2 atom stereocenters. The highest BCUT2D eigenvalue weighted by molar-refractivity contribution is 6.28. The molecule has 3 aliphatic rings. The highest BCUT2D eigenvalue weighted by Crippen LogP contribution is 2.44. The van der Waals surface area contributed by atoms with Gasteiger partial charge in [-0.1, -0.05) is 12.1 Å². The molecule has 1 unspecified atom stereocenters. The van der Waals surface area contributed by atoms with Gasteiger partial charge in [0.2, 0.25) is 11.8 Å². The first kappa shape index (κ1) is 18.1. The number of methoxy groups -OCH3 is 1. The average molecular weight is 393 g/mol. The van der Waals surface area contributed by atoms with Crippen LogP contribution in [0.5, 0.6) is 0 Å². The van der Waals surface area contributed by atoms with Crippen LogP contribution in [-0.2, 0) is 14.3 Å². The lowest BCUT2D eigenvalue weighted by Gasteiger charge is -2.30. The molecule has 3 amide bonds. The number of carbonyl (C=O) groups is 3. The standard InChI is InChI=1S/C22H23N3O4/c1-29-12-13-4-3-11-24(13)16-8-7-15-20-14(16)5-2-6-17(20)25(22(15)28)18-9-10-19(26)23-21(18)27/h2,5-8,13,18H,3-4,9-12H2,1H3,(H,23,26,27)/t13-,18?/m1/s1. The molecule has 2 aromatic rings. The van der Waals surface area contributed by atoms with Gasteiger partial charge in [-0.05, 0) is 37.5 Å². The fourth-order valence-corrected chi connectivity index (χ4v) is 5.00. The molecule has 0 spiro atoms. The molecule has 0 aliphatic carbocycles. The van der Waals surface area contributed by atoms with Crippen LogP contribution >= 0.6 is 0 Å². The third kappa shape index (κ3) is 2.72. The highest BCUT2D eigenvalue weighted by atomic mass is 16.5. The summed E-state index contributed by atoms with van der Waals surface area (Å²) in [7, 11) is 1.72. The normalized spacial score (nSPS) is 24.0. The smallest absolute Gasteiger partial charge is 0.259 e. The van der Waals surface area contributed by atoms with Gasteiger partial charge in [-0.15, -0.1) is 0 Å². The van der Waals surface area contributed by atoms with Crippen LogP contribution in [0.4, 0.5) is 11.4 Å². The molecule has 2 aromatic carbocycles. The molecule has 7 nitrogen and oxygen atoms in total.